The molecule has 3 aromatic carbocycles. The van der Waals surface area contributed by atoms with Gasteiger partial charge in [-0.05, 0) is 66.2 Å². The highest BCUT2D eigenvalue weighted by Gasteiger charge is 2.22. The molecular weight excluding hydrogens is 436 g/mol. The molecule has 1 heterocycles. The summed E-state index contributed by atoms with van der Waals surface area (Å²) in [7, 11) is 1.60. The number of carbonyl (C=O) groups is 2. The maximum Gasteiger partial charge on any atom is 0.291 e. The number of thioether (sulfide) groups is 1. The van der Waals surface area contributed by atoms with Crippen LogP contribution in [-0.2, 0) is 4.79 Å². The van der Waals surface area contributed by atoms with Gasteiger partial charge in [0.2, 0.25) is 5.91 Å². The molecule has 33 heavy (non-hydrogen) atoms. The van der Waals surface area contributed by atoms with Gasteiger partial charge in [0.25, 0.3) is 5.91 Å². The molecule has 0 bridgehead atoms. The normalized spacial score (nSPS) is 11.4. The zero-order valence-corrected chi connectivity index (χ0v) is 18.7. The lowest BCUT2D eigenvalue weighted by Crippen LogP contribution is -2.19. The van der Waals surface area contributed by atoms with Crippen LogP contribution in [0.5, 0.6) is 5.75 Å². The van der Waals surface area contributed by atoms with E-state index in [2.05, 4.69) is 10.6 Å². The van der Waals surface area contributed by atoms with Crippen molar-refractivity contribution in [1.29, 1.82) is 0 Å². The second kappa shape index (κ2) is 10.6. The Bertz CT molecular complexity index is 1190. The number of nitrogens with one attached hydrogen (secondary N) is 2. The number of benzene rings is 3. The minimum atomic E-state index is -0.461. The molecule has 0 aliphatic heterocycles. The van der Waals surface area contributed by atoms with Crippen LogP contribution in [-0.4, -0.2) is 18.9 Å². The molecule has 0 aliphatic rings. The third-order valence-corrected chi connectivity index (χ3v) is 6.08. The van der Waals surface area contributed by atoms with Crippen molar-refractivity contribution in [3.05, 3.63) is 109 Å². The van der Waals surface area contributed by atoms with Gasteiger partial charge in [-0.2, -0.15) is 0 Å². The molecule has 6 nitrogen and oxygen atoms in total. The van der Waals surface area contributed by atoms with Gasteiger partial charge in [0.15, 0.2) is 5.76 Å². The van der Waals surface area contributed by atoms with Crippen molar-refractivity contribution >= 4 is 35.0 Å². The first-order valence-corrected chi connectivity index (χ1v) is 11.1. The average Bonchev–Trinajstić information content (AvgIpc) is 3.40. The van der Waals surface area contributed by atoms with Crippen LogP contribution in [0.2, 0.25) is 0 Å². The fourth-order valence-corrected chi connectivity index (χ4v) is 4.16. The molecule has 2 amide bonds. The molecule has 4 rings (SSSR count). The maximum atomic E-state index is 13.2. The molecule has 0 saturated heterocycles. The summed E-state index contributed by atoms with van der Waals surface area (Å²) in [5, 5.41) is 5.31. The third-order valence-electron chi connectivity index (χ3n) is 4.81. The molecule has 0 saturated carbocycles. The van der Waals surface area contributed by atoms with E-state index in [-0.39, 0.29) is 17.6 Å². The van der Waals surface area contributed by atoms with Crippen molar-refractivity contribution < 1.29 is 18.7 Å². The SMILES string of the molecule is COc1ccc(NC(=O)C(Sc2ccc(NC(=O)c3ccco3)cc2)c2ccccc2)cc1. The van der Waals surface area contributed by atoms with Crippen LogP contribution in [0.3, 0.4) is 0 Å². The average molecular weight is 459 g/mol. The van der Waals surface area contributed by atoms with E-state index in [1.165, 1.54) is 18.0 Å². The Kier molecular flexibility index (Phi) is 7.12. The maximum absolute atomic E-state index is 13.2. The van der Waals surface area contributed by atoms with Gasteiger partial charge >= 0.3 is 0 Å². The highest BCUT2D eigenvalue weighted by molar-refractivity contribution is 8.00. The quantitative estimate of drug-likeness (QED) is 0.316. The van der Waals surface area contributed by atoms with Gasteiger partial charge in [-0.1, -0.05) is 30.3 Å². The standard InChI is InChI=1S/C26H22N2O4S/c1-31-21-13-9-19(10-14-21)28-26(30)24(18-6-3-2-4-7-18)33-22-15-11-20(12-16-22)27-25(29)23-8-5-17-32-23/h2-17,24H,1H3,(H,27,29)(H,28,30). The van der Waals surface area contributed by atoms with Crippen LogP contribution < -0.4 is 15.4 Å². The topological polar surface area (TPSA) is 80.6 Å². The Balaban J connectivity index is 1.48. The van der Waals surface area contributed by atoms with Gasteiger partial charge < -0.3 is 19.8 Å². The first kappa shape index (κ1) is 22.2. The molecule has 1 unspecified atom stereocenters. The van der Waals surface area contributed by atoms with Crippen LogP contribution >= 0.6 is 11.8 Å². The predicted octanol–water partition coefficient (Wildman–Crippen LogP) is 6.01. The van der Waals surface area contributed by atoms with Crippen molar-refractivity contribution in [3.8, 4) is 5.75 Å². The van der Waals surface area contributed by atoms with Gasteiger partial charge in [-0.25, -0.2) is 0 Å². The van der Waals surface area contributed by atoms with Crippen molar-refractivity contribution in [1.82, 2.24) is 0 Å². The second-order valence-electron chi connectivity index (χ2n) is 7.08. The van der Waals surface area contributed by atoms with Gasteiger partial charge in [-0.15, -0.1) is 11.8 Å². The molecule has 166 valence electrons. The number of anilines is 2. The Hall–Kier alpha value is -3.97. The smallest absolute Gasteiger partial charge is 0.291 e. The third kappa shape index (κ3) is 5.84. The Labute approximate surface area is 196 Å². The van der Waals surface area contributed by atoms with Crippen LogP contribution in [0.15, 0.2) is 107 Å². The van der Waals surface area contributed by atoms with E-state index in [1.54, 1.807) is 55.6 Å². The van der Waals surface area contributed by atoms with Crippen LogP contribution in [0.1, 0.15) is 21.4 Å². The zero-order valence-electron chi connectivity index (χ0n) is 17.9. The summed E-state index contributed by atoms with van der Waals surface area (Å²) in [5.74, 6) is 0.516. The molecule has 0 spiro atoms. The Morgan fingerprint density at radius 1 is 0.818 bits per heavy atom. The number of rotatable bonds is 8. The Morgan fingerprint density at radius 2 is 1.48 bits per heavy atom. The van der Waals surface area contributed by atoms with E-state index in [0.717, 1.165) is 16.2 Å². The molecule has 7 heteroatoms. The van der Waals surface area contributed by atoms with Crippen molar-refractivity contribution in [2.75, 3.05) is 17.7 Å². The molecule has 0 aliphatic carbocycles. The Morgan fingerprint density at radius 3 is 2.12 bits per heavy atom. The zero-order chi connectivity index (χ0) is 23.0. The second-order valence-corrected chi connectivity index (χ2v) is 8.26. The molecular formula is C26H22N2O4S. The van der Waals surface area contributed by atoms with E-state index < -0.39 is 5.25 Å². The summed E-state index contributed by atoms with van der Waals surface area (Å²) in [6.07, 6.45) is 1.45. The van der Waals surface area contributed by atoms with Gasteiger partial charge in [0.05, 0.1) is 13.4 Å². The molecule has 4 aromatic rings. The lowest BCUT2D eigenvalue weighted by molar-refractivity contribution is -0.115. The van der Waals surface area contributed by atoms with Crippen molar-refractivity contribution in [2.24, 2.45) is 0 Å². The molecule has 1 atom stereocenters. The van der Waals surface area contributed by atoms with E-state index in [1.807, 2.05) is 42.5 Å². The van der Waals surface area contributed by atoms with E-state index >= 15 is 0 Å². The van der Waals surface area contributed by atoms with E-state index in [9.17, 15) is 9.59 Å². The molecule has 0 radical (unpaired) electrons. The number of amides is 2. The fourth-order valence-electron chi connectivity index (χ4n) is 3.14. The summed E-state index contributed by atoms with van der Waals surface area (Å²) in [6, 6.07) is 27.4. The lowest BCUT2D eigenvalue weighted by Gasteiger charge is -2.17. The largest absolute Gasteiger partial charge is 0.497 e. The van der Waals surface area contributed by atoms with Crippen LogP contribution in [0, 0.1) is 0 Å². The monoisotopic (exact) mass is 458 g/mol. The minimum Gasteiger partial charge on any atom is -0.497 e. The van der Waals surface area contributed by atoms with Crippen molar-refractivity contribution in [3.63, 3.8) is 0 Å². The van der Waals surface area contributed by atoms with Crippen molar-refractivity contribution in [2.45, 2.75) is 10.1 Å². The van der Waals surface area contributed by atoms with E-state index in [0.29, 0.717) is 11.4 Å². The van der Waals surface area contributed by atoms with Crippen LogP contribution in [0.4, 0.5) is 11.4 Å². The highest BCUT2D eigenvalue weighted by atomic mass is 32.2. The first-order valence-electron chi connectivity index (χ1n) is 10.2. The summed E-state index contributed by atoms with van der Waals surface area (Å²) in [5.41, 5.74) is 2.22. The fraction of sp³-hybridized carbons (Fsp3) is 0.0769. The van der Waals surface area contributed by atoms with Gasteiger partial charge in [0.1, 0.15) is 11.0 Å². The molecule has 2 N–H and O–H groups in total. The van der Waals surface area contributed by atoms with Crippen LogP contribution in [0.25, 0.3) is 0 Å². The minimum absolute atomic E-state index is 0.133. The van der Waals surface area contributed by atoms with Gasteiger partial charge in [0, 0.05) is 16.3 Å². The highest BCUT2D eigenvalue weighted by Crippen LogP contribution is 2.36. The number of ether oxygens (including phenoxy) is 1. The number of furan rings is 1. The van der Waals surface area contributed by atoms with E-state index in [4.69, 9.17) is 9.15 Å². The van der Waals surface area contributed by atoms with Gasteiger partial charge in [-0.3, -0.25) is 9.59 Å². The predicted molar refractivity (Wildman–Crippen MR) is 130 cm³/mol. The summed E-state index contributed by atoms with van der Waals surface area (Å²) < 4.78 is 10.3. The summed E-state index contributed by atoms with van der Waals surface area (Å²) in [6.45, 7) is 0. The first-order chi connectivity index (χ1) is 16.1. The number of hydrogen-bond acceptors (Lipinski definition) is 5. The summed E-state index contributed by atoms with van der Waals surface area (Å²) >= 11 is 1.43. The molecule has 1 aromatic heterocycles. The number of carbonyl (C=O) groups excluding carboxylic acids is 2. The number of hydrogen-bond donors (Lipinski definition) is 2. The summed E-state index contributed by atoms with van der Waals surface area (Å²) in [4.78, 5) is 26.2. The lowest BCUT2D eigenvalue weighted by atomic mass is 10.1. The molecule has 0 fully saturated rings. The number of methoxy groups -OCH3 is 1.